The summed E-state index contributed by atoms with van der Waals surface area (Å²) in [6, 6.07) is -0.697. The number of rotatable bonds is 5. The van der Waals surface area contributed by atoms with Crippen LogP contribution in [0.25, 0.3) is 0 Å². The summed E-state index contributed by atoms with van der Waals surface area (Å²) in [7, 11) is 5.39. The van der Waals surface area contributed by atoms with Gasteiger partial charge in [-0.2, -0.15) is 0 Å². The number of likely N-dealkylation sites (N-methyl/N-ethyl adjacent to an activating group) is 1. The predicted octanol–water partition coefficient (Wildman–Crippen LogP) is 3.85. The number of cyclic esters (lactones) is 1. The van der Waals surface area contributed by atoms with Gasteiger partial charge in [-0.05, 0) is 80.8 Å². The molecule has 4 rings (SSSR count). The van der Waals surface area contributed by atoms with E-state index in [4.69, 9.17) is 28.7 Å². The van der Waals surface area contributed by atoms with Gasteiger partial charge in [0.1, 0.15) is 18.1 Å². The summed E-state index contributed by atoms with van der Waals surface area (Å²) in [4.78, 5) is 50.4. The number of aliphatic imine (C=N–C) groups is 1. The van der Waals surface area contributed by atoms with Gasteiger partial charge in [0.25, 0.3) is 0 Å². The molecule has 0 aromatic carbocycles. The Balaban J connectivity index is 1.86. The minimum absolute atomic E-state index is 0.184. The summed E-state index contributed by atoms with van der Waals surface area (Å²) in [6.07, 6.45) is -3.01. The maximum absolute atomic E-state index is 14.2. The highest BCUT2D eigenvalue weighted by atomic mass is 16.7. The number of nitrogens with zero attached hydrogens (tertiary/aromatic N) is 3. The molecule has 12 nitrogen and oxygen atoms in total. The van der Waals surface area contributed by atoms with Crippen molar-refractivity contribution >= 4 is 23.6 Å². The molecule has 0 spiro atoms. The van der Waals surface area contributed by atoms with Crippen LogP contribution in [0.1, 0.15) is 88.5 Å². The minimum Gasteiger partial charge on any atom is -0.458 e. The van der Waals surface area contributed by atoms with Gasteiger partial charge in [-0.1, -0.05) is 27.7 Å². The molecular formula is C35H59N3O9. The van der Waals surface area contributed by atoms with Gasteiger partial charge in [0, 0.05) is 37.2 Å². The average Bonchev–Trinajstić information content (AvgIpc) is 3.17. The fourth-order valence-electron chi connectivity index (χ4n) is 8.67. The largest absolute Gasteiger partial charge is 0.458 e. The number of ketones is 1. The molecule has 4 aliphatic heterocycles. The van der Waals surface area contributed by atoms with E-state index in [1.807, 2.05) is 60.5 Å². The monoisotopic (exact) mass is 665 g/mol. The Morgan fingerprint density at radius 3 is 2.26 bits per heavy atom. The number of carbonyl (C=O) groups is 3. The maximum Gasteiger partial charge on any atom is 0.411 e. The second-order valence-corrected chi connectivity index (χ2v) is 15.8. The first-order chi connectivity index (χ1) is 21.7. The first kappa shape index (κ1) is 37.7. The maximum atomic E-state index is 14.2. The van der Waals surface area contributed by atoms with Gasteiger partial charge >= 0.3 is 12.1 Å². The van der Waals surface area contributed by atoms with Crippen molar-refractivity contribution < 1.29 is 43.2 Å². The zero-order valence-corrected chi connectivity index (χ0v) is 30.7. The predicted molar refractivity (Wildman–Crippen MR) is 176 cm³/mol. The van der Waals surface area contributed by atoms with E-state index < -0.39 is 71.3 Å². The Bertz CT molecular complexity index is 1220. The molecule has 0 radical (unpaired) electrons. The van der Waals surface area contributed by atoms with Crippen LogP contribution in [0, 0.1) is 23.7 Å². The Morgan fingerprint density at radius 1 is 1.04 bits per heavy atom. The summed E-state index contributed by atoms with van der Waals surface area (Å²) in [6.45, 7) is 19.3. The third-order valence-corrected chi connectivity index (χ3v) is 11.2. The SMILES string of the molecule is CC[C@@H]1OC(=O)[C@H](C)C(=O)[C@H](C)[C@H](O[C@@H]2O[C@H](C)C[C@H](N(C)C)[C@H]2O)[C@@](C)(OC)C[C@@H](C)C2=NC(C)(C)CN3C(=O)O[C@@]1(C)[C@H]3[C@@H]2C. The van der Waals surface area contributed by atoms with Gasteiger partial charge < -0.3 is 33.7 Å². The van der Waals surface area contributed by atoms with Gasteiger partial charge in [-0.3, -0.25) is 19.5 Å². The van der Waals surface area contributed by atoms with Gasteiger partial charge in [-0.15, -0.1) is 0 Å². The van der Waals surface area contributed by atoms with E-state index in [0.29, 0.717) is 25.8 Å². The number of methoxy groups -OCH3 is 1. The fraction of sp³-hybridized carbons (Fsp3) is 0.886. The number of ether oxygens (including phenoxy) is 5. The molecule has 2 bridgehead atoms. The van der Waals surface area contributed by atoms with Crippen molar-refractivity contribution in [2.45, 2.75) is 148 Å². The van der Waals surface area contributed by atoms with E-state index in [0.717, 1.165) is 5.71 Å². The van der Waals surface area contributed by atoms with Crippen LogP contribution in [0.4, 0.5) is 4.79 Å². The summed E-state index contributed by atoms with van der Waals surface area (Å²) < 4.78 is 31.3. The highest BCUT2D eigenvalue weighted by molar-refractivity contribution is 6.00. The standard InChI is InChI=1S/C35H59N3O9/c1-14-24-35(10)28-20(4)25(36-33(7,8)17-38(28)32(42)47-35)18(2)16-34(9,43-13)29(21(5)26(39)22(6)30(41)45-24)46-31-27(40)23(37(11)12)15-19(3)44-31/h18-24,27-29,31,40H,14-17H2,1-13H3/t18-,19-,20-,21+,22-,23+,24+,27-,28-,29+,31+,34+,35-/m1/s1. The van der Waals surface area contributed by atoms with Crippen molar-refractivity contribution in [3.63, 3.8) is 0 Å². The summed E-state index contributed by atoms with van der Waals surface area (Å²) in [5.74, 6) is -3.52. The molecule has 268 valence electrons. The minimum atomic E-state index is -1.18. The van der Waals surface area contributed by atoms with E-state index >= 15 is 0 Å². The van der Waals surface area contributed by atoms with Crippen LogP contribution in [0.15, 0.2) is 4.99 Å². The van der Waals surface area contributed by atoms with Crippen LogP contribution >= 0.6 is 0 Å². The number of amides is 1. The van der Waals surface area contributed by atoms with Crippen molar-refractivity contribution in [2.24, 2.45) is 28.7 Å². The fourth-order valence-corrected chi connectivity index (χ4v) is 8.67. The van der Waals surface area contributed by atoms with Crippen molar-refractivity contribution in [1.82, 2.24) is 9.80 Å². The molecular weight excluding hydrogens is 606 g/mol. The molecule has 1 amide bonds. The second kappa shape index (κ2) is 13.7. The highest BCUT2D eigenvalue weighted by Crippen LogP contribution is 2.45. The van der Waals surface area contributed by atoms with E-state index in [1.165, 1.54) is 6.92 Å². The number of esters is 1. The number of fused-ring (bicyclic) bond motifs is 1. The molecule has 0 aromatic heterocycles. The van der Waals surface area contributed by atoms with Crippen LogP contribution in [0.3, 0.4) is 0 Å². The van der Waals surface area contributed by atoms with E-state index in [2.05, 4.69) is 13.8 Å². The molecule has 0 unspecified atom stereocenters. The van der Waals surface area contributed by atoms with Crippen LogP contribution in [-0.4, -0.2) is 126 Å². The molecule has 3 saturated heterocycles. The molecule has 3 fully saturated rings. The van der Waals surface area contributed by atoms with E-state index in [9.17, 15) is 19.5 Å². The summed E-state index contributed by atoms with van der Waals surface area (Å²) in [5, 5.41) is 11.4. The Kier molecular flexibility index (Phi) is 10.9. The third kappa shape index (κ3) is 7.00. The van der Waals surface area contributed by atoms with Crippen molar-refractivity contribution in [1.29, 1.82) is 0 Å². The number of aliphatic hydroxyl groups is 1. The lowest BCUT2D eigenvalue weighted by Gasteiger charge is -2.47. The van der Waals surface area contributed by atoms with Crippen molar-refractivity contribution in [3.8, 4) is 0 Å². The lowest BCUT2D eigenvalue weighted by atomic mass is 9.73. The molecule has 0 aromatic rings. The number of Topliss-reactive ketones (excluding diaryl/α,β-unsaturated/α-hetero) is 1. The normalized spacial score (nSPS) is 44.7. The van der Waals surface area contributed by atoms with Crippen molar-refractivity contribution in [2.75, 3.05) is 27.7 Å². The van der Waals surface area contributed by atoms with Crippen molar-refractivity contribution in [3.05, 3.63) is 0 Å². The molecule has 13 atom stereocenters. The molecule has 12 heteroatoms. The van der Waals surface area contributed by atoms with Crippen LogP contribution in [0.5, 0.6) is 0 Å². The summed E-state index contributed by atoms with van der Waals surface area (Å²) >= 11 is 0. The molecule has 4 aliphatic rings. The molecule has 0 saturated carbocycles. The van der Waals surface area contributed by atoms with Crippen LogP contribution in [-0.2, 0) is 33.3 Å². The van der Waals surface area contributed by atoms with Crippen LogP contribution < -0.4 is 0 Å². The highest BCUT2D eigenvalue weighted by Gasteiger charge is 2.61. The molecule has 4 heterocycles. The first-order valence-corrected chi connectivity index (χ1v) is 17.2. The van der Waals surface area contributed by atoms with E-state index in [-0.39, 0.29) is 29.8 Å². The summed E-state index contributed by atoms with van der Waals surface area (Å²) in [5.41, 5.74) is -2.01. The van der Waals surface area contributed by atoms with E-state index in [1.54, 1.807) is 18.9 Å². The van der Waals surface area contributed by atoms with Gasteiger partial charge in [0.2, 0.25) is 0 Å². The third-order valence-electron chi connectivity index (χ3n) is 11.2. The Morgan fingerprint density at radius 2 is 1.68 bits per heavy atom. The van der Waals surface area contributed by atoms with Gasteiger partial charge in [0.15, 0.2) is 17.7 Å². The Hall–Kier alpha value is -2.12. The quantitative estimate of drug-likeness (QED) is 0.341. The lowest BCUT2D eigenvalue weighted by molar-refractivity contribution is -0.295. The molecule has 1 N–H and O–H groups in total. The lowest BCUT2D eigenvalue weighted by Crippen LogP contribution is -2.60. The van der Waals surface area contributed by atoms with Gasteiger partial charge in [-0.25, -0.2) is 4.79 Å². The first-order valence-electron chi connectivity index (χ1n) is 17.2. The molecule has 0 aliphatic carbocycles. The zero-order chi connectivity index (χ0) is 35.4. The van der Waals surface area contributed by atoms with Gasteiger partial charge in [0.05, 0.1) is 29.4 Å². The average molecular weight is 666 g/mol. The smallest absolute Gasteiger partial charge is 0.411 e. The number of hydrogen-bond donors (Lipinski definition) is 1. The number of aliphatic hydroxyl groups excluding tert-OH is 1. The second-order valence-electron chi connectivity index (χ2n) is 15.8. The Labute approximate surface area is 280 Å². The zero-order valence-electron chi connectivity index (χ0n) is 30.7. The number of hydrogen-bond acceptors (Lipinski definition) is 11. The van der Waals surface area contributed by atoms with Crippen LogP contribution in [0.2, 0.25) is 0 Å². The number of carbonyl (C=O) groups excluding carboxylic acids is 3. The molecule has 47 heavy (non-hydrogen) atoms. The topological polar surface area (TPSA) is 136 Å².